The van der Waals surface area contributed by atoms with E-state index in [1.165, 1.54) is 30.4 Å². The van der Waals surface area contributed by atoms with Crippen molar-refractivity contribution in [2.75, 3.05) is 7.05 Å². The van der Waals surface area contributed by atoms with Gasteiger partial charge in [0.2, 0.25) is 5.16 Å². The summed E-state index contributed by atoms with van der Waals surface area (Å²) in [6.07, 6.45) is 3.56. The first-order valence-electron chi connectivity index (χ1n) is 7.08. The highest BCUT2D eigenvalue weighted by Gasteiger charge is 2.28. The van der Waals surface area contributed by atoms with Crippen LogP contribution in [-0.4, -0.2) is 27.5 Å². The van der Waals surface area contributed by atoms with Gasteiger partial charge in [-0.3, -0.25) is 5.10 Å². The van der Waals surface area contributed by atoms with Crippen LogP contribution in [0.25, 0.3) is 0 Å². The van der Waals surface area contributed by atoms with E-state index in [0.717, 1.165) is 11.0 Å². The fraction of sp³-hybridized carbons (Fsp3) is 0.467. The zero-order chi connectivity index (χ0) is 13.9. The predicted octanol–water partition coefficient (Wildman–Crippen LogP) is 2.87. The minimum Gasteiger partial charge on any atom is -0.312 e. The van der Waals surface area contributed by atoms with Crippen LogP contribution in [-0.2, 0) is 6.42 Å². The summed E-state index contributed by atoms with van der Waals surface area (Å²) in [5.41, 5.74) is 2.90. The van der Waals surface area contributed by atoms with Gasteiger partial charge in [-0.2, -0.15) is 0 Å². The van der Waals surface area contributed by atoms with Gasteiger partial charge in [0.05, 0.1) is 0 Å². The molecule has 0 saturated carbocycles. The number of hydrogen-bond acceptors (Lipinski definition) is 4. The molecule has 1 aliphatic carbocycles. The Bertz CT molecular complexity index is 581. The molecule has 1 heterocycles. The Balaban J connectivity index is 1.87. The normalized spacial score (nSPS) is 22.3. The summed E-state index contributed by atoms with van der Waals surface area (Å²) in [5, 5.41) is 12.0. The molecule has 0 bridgehead atoms. The predicted molar refractivity (Wildman–Crippen MR) is 81.9 cm³/mol. The largest absolute Gasteiger partial charge is 0.312 e. The van der Waals surface area contributed by atoms with E-state index in [0.29, 0.717) is 11.3 Å². The molecule has 4 nitrogen and oxygen atoms in total. The Morgan fingerprint density at radius 2 is 2.20 bits per heavy atom. The molecule has 0 fully saturated rings. The Morgan fingerprint density at radius 3 is 2.95 bits per heavy atom. The zero-order valence-electron chi connectivity index (χ0n) is 11.9. The van der Waals surface area contributed by atoms with E-state index in [1.54, 1.807) is 11.8 Å². The first-order chi connectivity index (χ1) is 9.78. The van der Waals surface area contributed by atoms with Gasteiger partial charge in [-0.25, -0.2) is 4.98 Å². The smallest absolute Gasteiger partial charge is 0.208 e. The second kappa shape index (κ2) is 5.97. The number of rotatable bonds is 3. The van der Waals surface area contributed by atoms with Crippen LogP contribution in [0.4, 0.5) is 0 Å². The van der Waals surface area contributed by atoms with Gasteiger partial charge in [0, 0.05) is 11.3 Å². The molecule has 2 unspecified atom stereocenters. The zero-order valence-corrected chi connectivity index (χ0v) is 12.7. The number of nitrogens with one attached hydrogen (secondary N) is 2. The lowest BCUT2D eigenvalue weighted by atomic mass is 9.99. The van der Waals surface area contributed by atoms with Gasteiger partial charge in [-0.1, -0.05) is 36.0 Å². The van der Waals surface area contributed by atoms with Crippen LogP contribution in [0.2, 0.25) is 0 Å². The number of thioether (sulfide) groups is 1. The summed E-state index contributed by atoms with van der Waals surface area (Å²) in [6, 6.07) is 9.13. The van der Waals surface area contributed by atoms with E-state index in [1.807, 2.05) is 14.0 Å². The van der Waals surface area contributed by atoms with Crippen molar-refractivity contribution < 1.29 is 0 Å². The number of hydrogen-bond donors (Lipinski definition) is 2. The molecular formula is C15H20N4S. The van der Waals surface area contributed by atoms with Crippen molar-refractivity contribution >= 4 is 11.8 Å². The number of aryl methyl sites for hydroxylation is 2. The van der Waals surface area contributed by atoms with Crippen LogP contribution in [0.3, 0.4) is 0 Å². The Hall–Kier alpha value is -1.33. The Kier molecular flexibility index (Phi) is 4.08. The Morgan fingerprint density at radius 1 is 1.35 bits per heavy atom. The molecule has 0 amide bonds. The third-order valence-electron chi connectivity index (χ3n) is 3.84. The fourth-order valence-corrected chi connectivity index (χ4v) is 4.17. The van der Waals surface area contributed by atoms with E-state index in [4.69, 9.17) is 0 Å². The third kappa shape index (κ3) is 2.74. The minimum absolute atomic E-state index is 0.359. The van der Waals surface area contributed by atoms with Crippen LogP contribution < -0.4 is 5.32 Å². The van der Waals surface area contributed by atoms with Crippen LogP contribution >= 0.6 is 11.8 Å². The van der Waals surface area contributed by atoms with Crippen molar-refractivity contribution in [1.82, 2.24) is 20.5 Å². The third-order valence-corrected chi connectivity index (χ3v) is 5.05. The summed E-state index contributed by atoms with van der Waals surface area (Å²) >= 11 is 1.78. The Labute approximate surface area is 123 Å². The average molecular weight is 288 g/mol. The van der Waals surface area contributed by atoms with Gasteiger partial charge in [-0.15, -0.1) is 5.10 Å². The van der Waals surface area contributed by atoms with Gasteiger partial charge >= 0.3 is 0 Å². The van der Waals surface area contributed by atoms with Gasteiger partial charge in [0.15, 0.2) is 0 Å². The quantitative estimate of drug-likeness (QED) is 0.853. The molecule has 20 heavy (non-hydrogen) atoms. The molecule has 1 aromatic heterocycles. The first-order valence-corrected chi connectivity index (χ1v) is 7.96. The summed E-state index contributed by atoms with van der Waals surface area (Å²) in [4.78, 5) is 4.43. The molecule has 0 radical (unpaired) electrons. The van der Waals surface area contributed by atoms with Gasteiger partial charge in [0.25, 0.3) is 0 Å². The van der Waals surface area contributed by atoms with Crippen LogP contribution in [0.15, 0.2) is 29.4 Å². The summed E-state index contributed by atoms with van der Waals surface area (Å²) < 4.78 is 0. The topological polar surface area (TPSA) is 53.6 Å². The number of H-pyrrole nitrogens is 1. The van der Waals surface area contributed by atoms with Gasteiger partial charge in [-0.05, 0) is 44.4 Å². The highest BCUT2D eigenvalue weighted by Crippen LogP contribution is 2.37. The number of nitrogens with zero attached hydrogens (tertiary/aromatic N) is 2. The molecule has 106 valence electrons. The highest BCUT2D eigenvalue weighted by molar-refractivity contribution is 7.99. The molecule has 2 N–H and O–H groups in total. The van der Waals surface area contributed by atoms with Gasteiger partial charge < -0.3 is 5.32 Å². The van der Waals surface area contributed by atoms with Crippen molar-refractivity contribution in [3.05, 3.63) is 41.2 Å². The number of fused-ring (bicyclic) bond motifs is 1. The molecule has 0 spiro atoms. The van der Waals surface area contributed by atoms with Crippen molar-refractivity contribution in [3.8, 4) is 0 Å². The highest BCUT2D eigenvalue weighted by atomic mass is 32.2. The monoisotopic (exact) mass is 288 g/mol. The van der Waals surface area contributed by atoms with E-state index in [9.17, 15) is 0 Å². The van der Waals surface area contributed by atoms with Gasteiger partial charge in [0.1, 0.15) is 5.82 Å². The second-order valence-corrected chi connectivity index (χ2v) is 6.42. The number of benzene rings is 1. The van der Waals surface area contributed by atoms with E-state index < -0.39 is 0 Å². The van der Waals surface area contributed by atoms with Crippen molar-refractivity contribution in [3.63, 3.8) is 0 Å². The first kappa shape index (κ1) is 13.6. The molecule has 2 atom stereocenters. The lowest BCUT2D eigenvalue weighted by Gasteiger charge is -2.24. The SMILES string of the molecule is CNC1c2ccccc2CCCC1Sc1n[nH]c(C)n1. The van der Waals surface area contributed by atoms with E-state index >= 15 is 0 Å². The van der Waals surface area contributed by atoms with E-state index in [-0.39, 0.29) is 0 Å². The standard InChI is InChI=1S/C15H20N4S/c1-10-17-15(19-18-10)20-13-9-5-7-11-6-3-4-8-12(11)14(13)16-2/h3-4,6,8,13-14,16H,5,7,9H2,1-2H3,(H,17,18,19). The van der Waals surface area contributed by atoms with Crippen LogP contribution in [0.1, 0.15) is 35.8 Å². The molecule has 2 aromatic rings. The van der Waals surface area contributed by atoms with Crippen molar-refractivity contribution in [1.29, 1.82) is 0 Å². The summed E-state index contributed by atoms with van der Waals surface area (Å²) in [7, 11) is 2.05. The summed E-state index contributed by atoms with van der Waals surface area (Å²) in [6.45, 7) is 1.94. The maximum Gasteiger partial charge on any atom is 0.208 e. The molecular weight excluding hydrogens is 268 g/mol. The van der Waals surface area contributed by atoms with Crippen molar-refractivity contribution in [2.24, 2.45) is 0 Å². The number of aromatic nitrogens is 3. The molecule has 1 aliphatic rings. The fourth-order valence-electron chi connectivity index (χ4n) is 2.90. The molecule has 1 aromatic carbocycles. The minimum atomic E-state index is 0.359. The second-order valence-electron chi connectivity index (χ2n) is 5.22. The van der Waals surface area contributed by atoms with E-state index in [2.05, 4.69) is 44.8 Å². The van der Waals surface area contributed by atoms with Crippen LogP contribution in [0.5, 0.6) is 0 Å². The maximum absolute atomic E-state index is 4.43. The maximum atomic E-state index is 4.43. The van der Waals surface area contributed by atoms with Crippen molar-refractivity contribution in [2.45, 2.75) is 42.6 Å². The number of aromatic amines is 1. The van der Waals surface area contributed by atoms with Crippen LogP contribution in [0, 0.1) is 6.92 Å². The summed E-state index contributed by atoms with van der Waals surface area (Å²) in [5.74, 6) is 0.877. The lowest BCUT2D eigenvalue weighted by Crippen LogP contribution is -2.27. The average Bonchev–Trinajstić information content (AvgIpc) is 2.78. The molecule has 3 rings (SSSR count). The molecule has 5 heteroatoms. The molecule has 0 saturated heterocycles. The molecule has 0 aliphatic heterocycles. The lowest BCUT2D eigenvalue weighted by molar-refractivity contribution is 0.547.